The number of aromatic nitrogens is 2. The summed E-state index contributed by atoms with van der Waals surface area (Å²) in [6.07, 6.45) is 0. The number of rotatable bonds is 10. The Kier molecular flexibility index (Phi) is 11.2. The Bertz CT molecular complexity index is 3590. The first-order valence-electron chi connectivity index (χ1n) is 16.4. The lowest BCUT2D eigenvalue weighted by atomic mass is 10.1. The number of nitrogens with zero attached hydrogens (tertiary/aromatic N) is 7. The van der Waals surface area contributed by atoms with E-state index in [4.69, 9.17) is 23.2 Å². The van der Waals surface area contributed by atoms with Crippen molar-refractivity contribution < 1.29 is 57.0 Å². The predicted molar refractivity (Wildman–Crippen MR) is 220 cm³/mol. The molecule has 5 N–H and O–H groups in total. The van der Waals surface area contributed by atoms with Crippen molar-refractivity contribution in [1.29, 1.82) is 0 Å². The molecule has 0 aliphatic heterocycles. The van der Waals surface area contributed by atoms with Crippen LogP contribution in [0.5, 0.6) is 0 Å². The van der Waals surface area contributed by atoms with Crippen LogP contribution >= 0.6 is 23.2 Å². The van der Waals surface area contributed by atoms with Crippen molar-refractivity contribution >= 4 is 131 Å². The Morgan fingerprint density at radius 2 is 1.00 bits per heavy atom. The highest BCUT2D eigenvalue weighted by Crippen LogP contribution is 2.41. The van der Waals surface area contributed by atoms with Gasteiger partial charge in [0, 0.05) is 27.1 Å². The fourth-order valence-corrected chi connectivity index (χ4v) is 8.47. The smallest absolute Gasteiger partial charge is 0.296 e. The highest BCUT2D eigenvalue weighted by atomic mass is 35.5. The van der Waals surface area contributed by atoms with Gasteiger partial charge < -0.3 is 5.11 Å². The molecule has 6 aromatic carbocycles. The number of fused-ring (bicyclic) bond motifs is 3. The Morgan fingerprint density at radius 1 is 0.475 bits per heavy atom. The van der Waals surface area contributed by atoms with E-state index in [2.05, 4.69) is 35.4 Å². The number of azo groups is 2. The molecule has 20 nitrogen and oxygen atoms in total. The normalized spacial score (nSPS) is 13.3. The Balaban J connectivity index is 1.35. The van der Waals surface area contributed by atoms with Gasteiger partial charge in [-0.15, -0.1) is 20.5 Å². The summed E-state index contributed by atoms with van der Waals surface area (Å²) in [5.41, 5.74) is -0.313. The first-order chi connectivity index (χ1) is 28.5. The lowest BCUT2D eigenvalue weighted by Gasteiger charge is -2.10. The molecule has 0 aliphatic carbocycles. The average Bonchev–Trinajstić information content (AvgIpc) is 3.18. The summed E-state index contributed by atoms with van der Waals surface area (Å²) < 4.78 is 136. The van der Waals surface area contributed by atoms with E-state index in [0.29, 0.717) is 23.7 Å². The van der Waals surface area contributed by atoms with Gasteiger partial charge in [0.15, 0.2) is 10.3 Å². The maximum absolute atomic E-state index is 12.6. The van der Waals surface area contributed by atoms with E-state index in [9.17, 15) is 57.0 Å². The number of hydrogen-bond acceptors (Lipinski definition) is 15. The van der Waals surface area contributed by atoms with Gasteiger partial charge in [-0.1, -0.05) is 41.4 Å². The fourth-order valence-electron chi connectivity index (χ4n) is 5.86. The van der Waals surface area contributed by atoms with Crippen LogP contribution in [0.1, 0.15) is 5.56 Å². The Labute approximate surface area is 353 Å². The molecule has 0 saturated heterocycles. The largest absolute Gasteiger partial charge is 0.493 e. The first-order valence-corrected chi connectivity index (χ1v) is 22.9. The molecule has 0 bridgehead atoms. The van der Waals surface area contributed by atoms with Gasteiger partial charge in [0.2, 0.25) is 5.90 Å². The van der Waals surface area contributed by atoms with Gasteiger partial charge >= 0.3 is 0 Å². The molecule has 0 aliphatic rings. The molecule has 0 atom stereocenters. The van der Waals surface area contributed by atoms with Crippen molar-refractivity contribution in [2.45, 2.75) is 19.6 Å². The summed E-state index contributed by atoms with van der Waals surface area (Å²) in [6, 6.07) is 18.5. The number of aliphatic imine (C=N–C) groups is 1. The number of halogens is 2. The van der Waals surface area contributed by atoms with Crippen molar-refractivity contribution in [2.75, 3.05) is 0 Å². The van der Waals surface area contributed by atoms with Gasteiger partial charge in [-0.05, 0) is 78.9 Å². The summed E-state index contributed by atoms with van der Waals surface area (Å²) in [6.45, 7) is 0. The second-order valence-electron chi connectivity index (χ2n) is 12.5. The standard InChI is InChI=1S/C35H21Cl2N7O13S4/c36-33-34(37)39-28-14-17(4-8-26(28)38-33)35(45)40-27-12-11-24(21-2-1-3-31(32(21)27)61(55,56)57)42-41-23-9-10-25(22-15-18(58(46,47)48)5-7-20(22)23)43-44-29-16-19(59(49,50)51)6-13-30(29)60(52,53)54/h1-16H,(H,40,45)(H,46,47,48)(H,49,50,51)(H,52,53,54)(H,55,56,57). The monoisotopic (exact) mass is 945 g/mol. The Hall–Kier alpha value is -5.93. The molecule has 0 saturated carbocycles. The fraction of sp³-hybridized carbons (Fsp3) is 0. The van der Waals surface area contributed by atoms with Crippen LogP contribution in [0.4, 0.5) is 28.4 Å². The molecule has 0 amide bonds. The van der Waals surface area contributed by atoms with Crippen LogP contribution in [-0.2, 0) is 40.5 Å². The lowest BCUT2D eigenvalue weighted by Crippen LogP contribution is -2.02. The van der Waals surface area contributed by atoms with Crippen LogP contribution in [0.2, 0.25) is 10.3 Å². The SMILES string of the molecule is O=S(=O)(O)c1ccc(S(=O)(=O)O)c(N=Nc2ccc(N=Nc3ccc(N=C(O)c4ccc5nc(Cl)c(Cl)nc5c4)c4c(S(=O)(=O)O)cccc34)c3ccc(S(=O)(=O)O)cc23)c1. The van der Waals surface area contributed by atoms with Gasteiger partial charge in [0.25, 0.3) is 40.5 Å². The van der Waals surface area contributed by atoms with Gasteiger partial charge in [-0.3, -0.25) is 18.2 Å². The van der Waals surface area contributed by atoms with E-state index in [1.807, 2.05) is 0 Å². The van der Waals surface area contributed by atoms with E-state index in [0.717, 1.165) is 18.2 Å². The molecule has 0 fully saturated rings. The van der Waals surface area contributed by atoms with E-state index in [-0.39, 0.29) is 65.7 Å². The molecule has 61 heavy (non-hydrogen) atoms. The summed E-state index contributed by atoms with van der Waals surface area (Å²) in [7, 11) is -19.6. The first kappa shape index (κ1) is 43.2. The molecule has 7 aromatic rings. The van der Waals surface area contributed by atoms with Gasteiger partial charge in [-0.25, -0.2) is 15.0 Å². The van der Waals surface area contributed by atoms with Crippen molar-refractivity contribution in [3.63, 3.8) is 0 Å². The highest BCUT2D eigenvalue weighted by molar-refractivity contribution is 7.86. The van der Waals surface area contributed by atoms with Crippen molar-refractivity contribution in [3.8, 4) is 0 Å². The van der Waals surface area contributed by atoms with Crippen LogP contribution < -0.4 is 0 Å². The van der Waals surface area contributed by atoms with Gasteiger partial charge in [0.1, 0.15) is 15.5 Å². The van der Waals surface area contributed by atoms with E-state index in [1.165, 1.54) is 60.7 Å². The topological polar surface area (TPSA) is 325 Å². The number of aliphatic hydroxyl groups is 1. The zero-order chi connectivity index (χ0) is 44.2. The van der Waals surface area contributed by atoms with Crippen LogP contribution in [0.15, 0.2) is 142 Å². The molecule has 7 rings (SSSR count). The molecule has 0 unspecified atom stereocenters. The zero-order valence-corrected chi connectivity index (χ0v) is 34.5. The maximum Gasteiger partial charge on any atom is 0.296 e. The average molecular weight is 947 g/mol. The predicted octanol–water partition coefficient (Wildman–Crippen LogP) is 8.70. The zero-order valence-electron chi connectivity index (χ0n) is 29.8. The van der Waals surface area contributed by atoms with Crippen LogP contribution in [0.3, 0.4) is 0 Å². The minimum absolute atomic E-state index is 0.00868. The third kappa shape index (κ3) is 9.08. The van der Waals surface area contributed by atoms with Crippen molar-refractivity contribution in [1.82, 2.24) is 9.97 Å². The lowest BCUT2D eigenvalue weighted by molar-refractivity contribution is 0.478. The number of hydrogen-bond donors (Lipinski definition) is 5. The quantitative estimate of drug-likeness (QED) is 0.0370. The molecular formula is C35H21Cl2N7O13S4. The molecular weight excluding hydrogens is 926 g/mol. The van der Waals surface area contributed by atoms with Crippen LogP contribution in [0.25, 0.3) is 32.6 Å². The van der Waals surface area contributed by atoms with Crippen LogP contribution in [0, 0.1) is 0 Å². The highest BCUT2D eigenvalue weighted by Gasteiger charge is 2.22. The van der Waals surface area contributed by atoms with Crippen molar-refractivity contribution in [3.05, 3.63) is 113 Å². The molecule has 26 heteroatoms. The van der Waals surface area contributed by atoms with E-state index in [1.54, 1.807) is 0 Å². The summed E-state index contributed by atoms with van der Waals surface area (Å²) in [5, 5.41) is 27.1. The minimum Gasteiger partial charge on any atom is -0.493 e. The second kappa shape index (κ2) is 15.8. The summed E-state index contributed by atoms with van der Waals surface area (Å²) >= 11 is 11.9. The summed E-state index contributed by atoms with van der Waals surface area (Å²) in [5.74, 6) is -0.594. The minimum atomic E-state index is -5.02. The Morgan fingerprint density at radius 3 is 1.61 bits per heavy atom. The third-order valence-corrected chi connectivity index (χ3v) is 12.7. The number of benzene rings is 6. The van der Waals surface area contributed by atoms with Crippen LogP contribution in [-0.4, -0.2) is 72.9 Å². The molecule has 312 valence electrons. The number of aliphatic hydroxyl groups excluding tert-OH is 1. The van der Waals surface area contributed by atoms with Gasteiger partial charge in [0.05, 0.1) is 43.6 Å². The molecule has 1 heterocycles. The molecule has 1 aromatic heterocycles. The van der Waals surface area contributed by atoms with Crippen molar-refractivity contribution in [2.24, 2.45) is 25.4 Å². The third-order valence-electron chi connectivity index (χ3n) is 8.58. The maximum atomic E-state index is 12.6. The molecule has 0 spiro atoms. The van der Waals surface area contributed by atoms with E-state index >= 15 is 0 Å². The molecule has 0 radical (unpaired) electrons. The van der Waals surface area contributed by atoms with E-state index < -0.39 is 71.6 Å². The second-order valence-corrected chi connectivity index (χ2v) is 18.8. The van der Waals surface area contributed by atoms with Gasteiger partial charge in [-0.2, -0.15) is 33.7 Å². The summed E-state index contributed by atoms with van der Waals surface area (Å²) in [4.78, 5) is 9.55.